The quantitative estimate of drug-likeness (QED) is 0.313. The molecule has 4 rings (SSSR count). The second kappa shape index (κ2) is 9.79. The van der Waals surface area contributed by atoms with Crippen molar-refractivity contribution in [3.63, 3.8) is 0 Å². The average molecular weight is 500 g/mol. The minimum Gasteiger partial charge on any atom is -0.483 e. The number of ether oxygens (including phenoxy) is 1. The second-order valence-corrected chi connectivity index (χ2v) is 8.64. The number of carbonyl (C=O) groups is 1. The van der Waals surface area contributed by atoms with Crippen LogP contribution in [0.1, 0.15) is 11.1 Å². The number of aromatic nitrogens is 1. The van der Waals surface area contributed by atoms with Crippen LogP contribution in [-0.2, 0) is 4.79 Å². The summed E-state index contributed by atoms with van der Waals surface area (Å²) >= 11 is 17.6. The number of amides is 1. The molecule has 0 atom stereocenters. The monoisotopic (exact) mass is 499 g/mol. The van der Waals surface area contributed by atoms with Gasteiger partial charge in [-0.05, 0) is 85.7 Å². The predicted octanol–water partition coefficient (Wildman–Crippen LogP) is 6.31. The van der Waals surface area contributed by atoms with Crippen molar-refractivity contribution < 1.29 is 13.9 Å². The van der Waals surface area contributed by atoms with Crippen LogP contribution in [0, 0.1) is 13.8 Å². The maximum atomic E-state index is 12.2. The number of anilines is 1. The van der Waals surface area contributed by atoms with Crippen LogP contribution in [0.2, 0.25) is 10.0 Å². The number of nitrogens with one attached hydrogen (secondary N) is 2. The number of nitrogens with zero attached hydrogens (tertiary/aromatic N) is 1. The number of oxazole rings is 1. The Kier molecular flexibility index (Phi) is 6.83. The molecular formula is C24H19Cl2N3O3S. The maximum absolute atomic E-state index is 12.2. The molecule has 1 amide bonds. The molecule has 33 heavy (non-hydrogen) atoms. The third-order valence-electron chi connectivity index (χ3n) is 4.75. The van der Waals surface area contributed by atoms with Crippen LogP contribution >= 0.6 is 35.4 Å². The van der Waals surface area contributed by atoms with Crippen molar-refractivity contribution in [2.24, 2.45) is 0 Å². The Hall–Kier alpha value is -3.13. The molecule has 6 nitrogen and oxygen atoms in total. The van der Waals surface area contributed by atoms with Crippen LogP contribution < -0.4 is 15.4 Å². The molecule has 168 valence electrons. The number of hydrogen-bond donors (Lipinski definition) is 2. The van der Waals surface area contributed by atoms with E-state index in [2.05, 4.69) is 15.6 Å². The largest absolute Gasteiger partial charge is 0.483 e. The summed E-state index contributed by atoms with van der Waals surface area (Å²) in [6.07, 6.45) is 0. The van der Waals surface area contributed by atoms with Gasteiger partial charge in [0.2, 0.25) is 5.89 Å². The summed E-state index contributed by atoms with van der Waals surface area (Å²) in [5, 5.41) is 6.76. The van der Waals surface area contributed by atoms with E-state index in [0.29, 0.717) is 38.5 Å². The van der Waals surface area contributed by atoms with E-state index in [0.717, 1.165) is 16.6 Å². The summed E-state index contributed by atoms with van der Waals surface area (Å²) in [6.45, 7) is 3.63. The first-order valence-corrected chi connectivity index (χ1v) is 11.1. The predicted molar refractivity (Wildman–Crippen MR) is 135 cm³/mol. The van der Waals surface area contributed by atoms with Gasteiger partial charge in [-0.3, -0.25) is 10.1 Å². The first kappa shape index (κ1) is 23.0. The third kappa shape index (κ3) is 5.63. The van der Waals surface area contributed by atoms with E-state index in [-0.39, 0.29) is 11.7 Å². The van der Waals surface area contributed by atoms with Crippen LogP contribution in [0.25, 0.3) is 22.6 Å². The van der Waals surface area contributed by atoms with Gasteiger partial charge in [-0.1, -0.05) is 29.3 Å². The van der Waals surface area contributed by atoms with E-state index in [4.69, 9.17) is 44.6 Å². The highest BCUT2D eigenvalue weighted by atomic mass is 35.5. The van der Waals surface area contributed by atoms with Gasteiger partial charge in [-0.15, -0.1) is 0 Å². The van der Waals surface area contributed by atoms with E-state index in [9.17, 15) is 4.79 Å². The Morgan fingerprint density at radius 2 is 1.91 bits per heavy atom. The molecule has 0 aliphatic carbocycles. The van der Waals surface area contributed by atoms with Crippen molar-refractivity contribution in [1.29, 1.82) is 0 Å². The zero-order chi connectivity index (χ0) is 23.5. The van der Waals surface area contributed by atoms with Crippen LogP contribution in [0.4, 0.5) is 5.69 Å². The molecule has 0 saturated carbocycles. The fourth-order valence-corrected chi connectivity index (χ4v) is 3.81. The molecular weight excluding hydrogens is 481 g/mol. The van der Waals surface area contributed by atoms with Crippen molar-refractivity contribution in [3.8, 4) is 17.2 Å². The van der Waals surface area contributed by atoms with Gasteiger partial charge in [0.05, 0.1) is 10.6 Å². The lowest BCUT2D eigenvalue weighted by atomic mass is 10.2. The first-order chi connectivity index (χ1) is 15.8. The highest BCUT2D eigenvalue weighted by molar-refractivity contribution is 7.80. The SMILES string of the molecule is Cc1ccc2nc(-c3cc(NC(=S)NC(=O)COc4ccc(Cl)cc4C)ccc3Cl)oc2c1. The summed E-state index contributed by atoms with van der Waals surface area (Å²) in [6, 6.07) is 16.2. The number of fused-ring (bicyclic) bond motifs is 1. The van der Waals surface area contributed by atoms with Gasteiger partial charge in [0.1, 0.15) is 11.3 Å². The number of halogens is 2. The molecule has 0 aliphatic rings. The van der Waals surface area contributed by atoms with Gasteiger partial charge in [-0.2, -0.15) is 0 Å². The van der Waals surface area contributed by atoms with E-state index in [1.54, 1.807) is 36.4 Å². The lowest BCUT2D eigenvalue weighted by Gasteiger charge is -2.12. The Labute approximate surface area is 205 Å². The summed E-state index contributed by atoms with van der Waals surface area (Å²) < 4.78 is 11.4. The third-order valence-corrected chi connectivity index (χ3v) is 5.52. The van der Waals surface area contributed by atoms with Crippen LogP contribution in [0.15, 0.2) is 59.0 Å². The van der Waals surface area contributed by atoms with E-state index < -0.39 is 5.91 Å². The van der Waals surface area contributed by atoms with Gasteiger partial charge < -0.3 is 14.5 Å². The van der Waals surface area contributed by atoms with Gasteiger partial charge >= 0.3 is 0 Å². The molecule has 0 radical (unpaired) electrons. The normalized spacial score (nSPS) is 10.8. The zero-order valence-electron chi connectivity index (χ0n) is 17.7. The van der Waals surface area contributed by atoms with Crippen LogP contribution in [0.5, 0.6) is 5.75 Å². The molecule has 0 unspecified atom stereocenters. The molecule has 0 spiro atoms. The lowest BCUT2D eigenvalue weighted by Crippen LogP contribution is -2.37. The van der Waals surface area contributed by atoms with E-state index in [1.807, 2.05) is 32.0 Å². The molecule has 0 fully saturated rings. The van der Waals surface area contributed by atoms with E-state index in [1.165, 1.54) is 0 Å². The van der Waals surface area contributed by atoms with Gasteiger partial charge in [0.15, 0.2) is 17.3 Å². The topological polar surface area (TPSA) is 76.4 Å². The fraction of sp³-hybridized carbons (Fsp3) is 0.125. The minimum atomic E-state index is -0.398. The Balaban J connectivity index is 1.41. The fourth-order valence-electron chi connectivity index (χ4n) is 3.16. The average Bonchev–Trinajstić information content (AvgIpc) is 3.17. The second-order valence-electron chi connectivity index (χ2n) is 7.39. The van der Waals surface area contributed by atoms with Crippen molar-refractivity contribution in [2.45, 2.75) is 13.8 Å². The number of carbonyl (C=O) groups excluding carboxylic acids is 1. The molecule has 1 aromatic heterocycles. The number of rotatable bonds is 5. The molecule has 4 aromatic rings. The molecule has 2 N–H and O–H groups in total. The summed E-state index contributed by atoms with van der Waals surface area (Å²) in [5.74, 6) is 0.570. The van der Waals surface area contributed by atoms with E-state index >= 15 is 0 Å². The van der Waals surface area contributed by atoms with Crippen molar-refractivity contribution >= 4 is 63.2 Å². The number of hydrogen-bond acceptors (Lipinski definition) is 5. The number of thiocarbonyl (C=S) groups is 1. The standard InChI is InChI=1S/C24H19Cl2N3O3S/c1-13-3-7-19-21(9-13)32-23(28-19)17-11-16(5-6-18(17)26)27-24(33)29-22(30)12-31-20-8-4-15(25)10-14(20)2/h3-11H,12H2,1-2H3,(H2,27,29,30,33). The minimum absolute atomic E-state index is 0.123. The van der Waals surface area contributed by atoms with Crippen LogP contribution in [-0.4, -0.2) is 22.6 Å². The van der Waals surface area contributed by atoms with Crippen LogP contribution in [0.3, 0.4) is 0 Å². The first-order valence-electron chi connectivity index (χ1n) is 9.95. The van der Waals surface area contributed by atoms with Crippen molar-refractivity contribution in [1.82, 2.24) is 10.3 Å². The molecule has 0 bridgehead atoms. The Morgan fingerprint density at radius 1 is 1.09 bits per heavy atom. The zero-order valence-corrected chi connectivity index (χ0v) is 20.1. The molecule has 3 aromatic carbocycles. The number of benzene rings is 3. The van der Waals surface area contributed by atoms with Gasteiger partial charge in [-0.25, -0.2) is 4.98 Å². The van der Waals surface area contributed by atoms with Crippen molar-refractivity contribution in [2.75, 3.05) is 11.9 Å². The van der Waals surface area contributed by atoms with Gasteiger partial charge in [0.25, 0.3) is 5.91 Å². The maximum Gasteiger partial charge on any atom is 0.264 e. The molecule has 9 heteroatoms. The molecule has 1 heterocycles. The van der Waals surface area contributed by atoms with Crippen molar-refractivity contribution in [3.05, 3.63) is 75.8 Å². The Bertz CT molecular complexity index is 1370. The summed E-state index contributed by atoms with van der Waals surface area (Å²) in [4.78, 5) is 16.7. The highest BCUT2D eigenvalue weighted by Gasteiger charge is 2.14. The molecule has 0 saturated heterocycles. The molecule has 0 aliphatic heterocycles. The lowest BCUT2D eigenvalue weighted by molar-refractivity contribution is -0.121. The summed E-state index contributed by atoms with van der Waals surface area (Å²) in [5.41, 5.74) is 4.54. The number of aryl methyl sites for hydroxylation is 2. The van der Waals surface area contributed by atoms with Gasteiger partial charge in [0, 0.05) is 10.7 Å². The Morgan fingerprint density at radius 3 is 2.70 bits per heavy atom. The summed E-state index contributed by atoms with van der Waals surface area (Å²) in [7, 11) is 0. The highest BCUT2D eigenvalue weighted by Crippen LogP contribution is 2.32. The smallest absolute Gasteiger partial charge is 0.264 e.